The SMILES string of the molecule is O=[N+]([O-])c1c(Oc2cccc(C(F)(F)F)c2)ncnc1Oc1cccc(C(F)(F)F)c1. The van der Waals surface area contributed by atoms with E-state index < -0.39 is 57.3 Å². The van der Waals surface area contributed by atoms with Crippen LogP contribution in [0, 0.1) is 10.1 Å². The fourth-order valence-electron chi connectivity index (χ4n) is 2.35. The number of halogens is 6. The zero-order valence-electron chi connectivity index (χ0n) is 14.9. The summed E-state index contributed by atoms with van der Waals surface area (Å²) < 4.78 is 87.3. The Kier molecular flexibility index (Phi) is 5.69. The van der Waals surface area contributed by atoms with Gasteiger partial charge in [-0.3, -0.25) is 10.1 Å². The van der Waals surface area contributed by atoms with Crippen molar-refractivity contribution < 1.29 is 40.7 Å². The molecule has 7 nitrogen and oxygen atoms in total. The average molecular weight is 445 g/mol. The Labute approximate surface area is 169 Å². The van der Waals surface area contributed by atoms with Crippen LogP contribution in [-0.4, -0.2) is 14.9 Å². The van der Waals surface area contributed by atoms with Crippen molar-refractivity contribution >= 4 is 5.69 Å². The van der Waals surface area contributed by atoms with Crippen LogP contribution >= 0.6 is 0 Å². The molecule has 3 aromatic rings. The highest BCUT2D eigenvalue weighted by Gasteiger charge is 2.33. The summed E-state index contributed by atoms with van der Waals surface area (Å²) in [6.07, 6.45) is -8.62. The largest absolute Gasteiger partial charge is 0.433 e. The van der Waals surface area contributed by atoms with Gasteiger partial charge in [0.15, 0.2) is 0 Å². The number of ether oxygens (including phenoxy) is 2. The van der Waals surface area contributed by atoms with Crippen LogP contribution in [0.4, 0.5) is 32.0 Å². The van der Waals surface area contributed by atoms with E-state index in [0.29, 0.717) is 12.1 Å². The van der Waals surface area contributed by atoms with E-state index in [0.717, 1.165) is 42.7 Å². The van der Waals surface area contributed by atoms with E-state index >= 15 is 0 Å². The van der Waals surface area contributed by atoms with Gasteiger partial charge in [-0.2, -0.15) is 36.3 Å². The van der Waals surface area contributed by atoms with E-state index in [1.165, 1.54) is 0 Å². The van der Waals surface area contributed by atoms with Gasteiger partial charge in [-0.25, -0.2) is 0 Å². The van der Waals surface area contributed by atoms with Crippen molar-refractivity contribution in [1.82, 2.24) is 9.97 Å². The van der Waals surface area contributed by atoms with Crippen molar-refractivity contribution in [2.45, 2.75) is 12.4 Å². The predicted octanol–water partition coefficient (Wildman–Crippen LogP) is 6.01. The number of aromatic nitrogens is 2. The lowest BCUT2D eigenvalue weighted by molar-refractivity contribution is -0.387. The summed E-state index contributed by atoms with van der Waals surface area (Å²) in [4.78, 5) is 17.5. The molecule has 0 radical (unpaired) electrons. The minimum Gasteiger partial charge on any atom is -0.433 e. The highest BCUT2D eigenvalue weighted by Crippen LogP contribution is 2.40. The van der Waals surface area contributed by atoms with Crippen LogP contribution in [-0.2, 0) is 12.4 Å². The number of nitro groups is 1. The van der Waals surface area contributed by atoms with Gasteiger partial charge in [0.1, 0.15) is 17.8 Å². The first-order chi connectivity index (χ1) is 14.4. The van der Waals surface area contributed by atoms with Crippen LogP contribution in [0.25, 0.3) is 0 Å². The maximum absolute atomic E-state index is 12.8. The Hall–Kier alpha value is -3.90. The molecular formula is C18H9F6N3O4. The van der Waals surface area contributed by atoms with Gasteiger partial charge in [-0.05, 0) is 36.4 Å². The average Bonchev–Trinajstić information content (AvgIpc) is 2.67. The first kappa shape index (κ1) is 21.8. The number of rotatable bonds is 5. The second kappa shape index (κ2) is 8.08. The fourth-order valence-corrected chi connectivity index (χ4v) is 2.35. The number of hydrogen-bond donors (Lipinski definition) is 0. The summed E-state index contributed by atoms with van der Waals surface area (Å²) in [6, 6.07) is 6.98. The molecule has 0 aliphatic heterocycles. The third-order valence-corrected chi connectivity index (χ3v) is 3.69. The second-order valence-corrected chi connectivity index (χ2v) is 5.84. The first-order valence-corrected chi connectivity index (χ1v) is 8.15. The van der Waals surface area contributed by atoms with E-state index in [1.54, 1.807) is 0 Å². The highest BCUT2D eigenvalue weighted by atomic mass is 19.4. The molecule has 0 amide bonds. The molecule has 0 aliphatic carbocycles. The molecule has 0 aliphatic rings. The highest BCUT2D eigenvalue weighted by molar-refractivity contribution is 5.52. The van der Waals surface area contributed by atoms with E-state index in [2.05, 4.69) is 9.97 Å². The van der Waals surface area contributed by atoms with Crippen LogP contribution in [0.15, 0.2) is 54.9 Å². The van der Waals surface area contributed by atoms with Crippen LogP contribution in [0.3, 0.4) is 0 Å². The van der Waals surface area contributed by atoms with Crippen LogP contribution < -0.4 is 9.47 Å². The summed E-state index contributed by atoms with van der Waals surface area (Å²) in [5.74, 6) is -2.36. The number of benzene rings is 2. The molecule has 13 heteroatoms. The van der Waals surface area contributed by atoms with Crippen LogP contribution in [0.2, 0.25) is 0 Å². The molecule has 2 aromatic carbocycles. The molecule has 0 saturated carbocycles. The lowest BCUT2D eigenvalue weighted by atomic mass is 10.2. The fraction of sp³-hybridized carbons (Fsp3) is 0.111. The first-order valence-electron chi connectivity index (χ1n) is 8.15. The van der Waals surface area contributed by atoms with Crippen molar-refractivity contribution in [2.75, 3.05) is 0 Å². The van der Waals surface area contributed by atoms with E-state index in [4.69, 9.17) is 9.47 Å². The van der Waals surface area contributed by atoms with Gasteiger partial charge in [-0.1, -0.05) is 12.1 Å². The molecule has 0 unspecified atom stereocenters. The minimum atomic E-state index is -4.69. The lowest BCUT2D eigenvalue weighted by Crippen LogP contribution is -2.06. The van der Waals surface area contributed by atoms with Crippen molar-refractivity contribution in [3.63, 3.8) is 0 Å². The second-order valence-electron chi connectivity index (χ2n) is 5.84. The van der Waals surface area contributed by atoms with Gasteiger partial charge in [0.25, 0.3) is 0 Å². The van der Waals surface area contributed by atoms with Crippen molar-refractivity contribution in [1.29, 1.82) is 0 Å². The molecule has 3 rings (SSSR count). The predicted molar refractivity (Wildman–Crippen MR) is 91.7 cm³/mol. The van der Waals surface area contributed by atoms with Crippen molar-refractivity contribution in [2.24, 2.45) is 0 Å². The number of nitrogens with zero attached hydrogens (tertiary/aromatic N) is 3. The van der Waals surface area contributed by atoms with Crippen LogP contribution in [0.5, 0.6) is 23.3 Å². The summed E-state index contributed by atoms with van der Waals surface area (Å²) in [6.45, 7) is 0. The zero-order valence-corrected chi connectivity index (χ0v) is 14.9. The topological polar surface area (TPSA) is 87.4 Å². The zero-order chi connectivity index (χ0) is 22.8. The quantitative estimate of drug-likeness (QED) is 0.272. The molecule has 0 atom stereocenters. The molecule has 0 fully saturated rings. The van der Waals surface area contributed by atoms with E-state index in [9.17, 15) is 36.5 Å². The molecule has 1 aromatic heterocycles. The standard InChI is InChI=1S/C18H9F6N3O4/c19-17(20,21)10-3-1-5-12(7-10)30-15-14(27(28)29)16(26-9-25-15)31-13-6-2-4-11(8-13)18(22,23)24/h1-9H. The lowest BCUT2D eigenvalue weighted by Gasteiger charge is -2.11. The maximum Gasteiger partial charge on any atom is 0.416 e. The van der Waals surface area contributed by atoms with E-state index in [1.807, 2.05) is 0 Å². The monoisotopic (exact) mass is 445 g/mol. The number of hydrogen-bond acceptors (Lipinski definition) is 6. The van der Waals surface area contributed by atoms with Gasteiger partial charge < -0.3 is 9.47 Å². The summed E-state index contributed by atoms with van der Waals surface area (Å²) in [7, 11) is 0. The van der Waals surface area contributed by atoms with E-state index in [-0.39, 0.29) is 0 Å². The minimum absolute atomic E-state index is 0.415. The van der Waals surface area contributed by atoms with Gasteiger partial charge in [0, 0.05) is 0 Å². The van der Waals surface area contributed by atoms with Gasteiger partial charge in [0.05, 0.1) is 16.1 Å². The Balaban J connectivity index is 1.97. The third-order valence-electron chi connectivity index (χ3n) is 3.69. The molecule has 162 valence electrons. The smallest absolute Gasteiger partial charge is 0.416 e. The summed E-state index contributed by atoms with van der Waals surface area (Å²) in [5.41, 5.74) is -3.12. The summed E-state index contributed by atoms with van der Waals surface area (Å²) in [5, 5.41) is 11.5. The molecule has 1 heterocycles. The normalized spacial score (nSPS) is 11.8. The summed E-state index contributed by atoms with van der Waals surface area (Å²) >= 11 is 0. The Morgan fingerprint density at radius 1 is 0.774 bits per heavy atom. The maximum atomic E-state index is 12.8. The molecule has 0 bridgehead atoms. The van der Waals surface area contributed by atoms with Crippen molar-refractivity contribution in [3.05, 3.63) is 76.1 Å². The number of alkyl halides is 6. The Morgan fingerprint density at radius 3 is 1.55 bits per heavy atom. The van der Waals surface area contributed by atoms with Gasteiger partial charge >= 0.3 is 29.8 Å². The molecule has 0 spiro atoms. The Morgan fingerprint density at radius 2 is 1.19 bits per heavy atom. The molecule has 0 N–H and O–H groups in total. The third kappa shape index (κ3) is 5.18. The Bertz CT molecular complexity index is 1040. The molecular weight excluding hydrogens is 436 g/mol. The van der Waals surface area contributed by atoms with Crippen molar-refractivity contribution in [3.8, 4) is 23.3 Å². The van der Waals surface area contributed by atoms with Crippen LogP contribution in [0.1, 0.15) is 11.1 Å². The van der Waals surface area contributed by atoms with Gasteiger partial charge in [0.2, 0.25) is 0 Å². The molecule has 31 heavy (non-hydrogen) atoms. The van der Waals surface area contributed by atoms with Gasteiger partial charge in [-0.15, -0.1) is 0 Å². The molecule has 0 saturated heterocycles.